The highest BCUT2D eigenvalue weighted by Gasteiger charge is 2.13. The van der Waals surface area contributed by atoms with Gasteiger partial charge in [-0.3, -0.25) is 4.79 Å². The predicted octanol–water partition coefficient (Wildman–Crippen LogP) is 4.62. The summed E-state index contributed by atoms with van der Waals surface area (Å²) >= 11 is 6.10. The van der Waals surface area contributed by atoms with Crippen LogP contribution in [0.1, 0.15) is 27.0 Å². The number of benzene rings is 2. The van der Waals surface area contributed by atoms with Crippen LogP contribution in [0.25, 0.3) is 0 Å². The zero-order valence-corrected chi connectivity index (χ0v) is 16.7. The molecule has 0 spiro atoms. The standard InChI is InChI=1S/C21H21ClN4O2/c1-13-5-4-6-15(7-13)10-23-21-24-11-16(12-25-21)20(27)26-18-8-14(2)17(22)9-19(18)28-3/h4-9,11-12H,10H2,1-3H3,(H,26,27)(H,23,24,25). The molecule has 0 fully saturated rings. The second kappa shape index (κ2) is 8.71. The van der Waals surface area contributed by atoms with Gasteiger partial charge in [0.2, 0.25) is 5.95 Å². The summed E-state index contributed by atoms with van der Waals surface area (Å²) in [6.45, 7) is 4.51. The van der Waals surface area contributed by atoms with E-state index in [9.17, 15) is 4.79 Å². The van der Waals surface area contributed by atoms with Crippen molar-refractivity contribution in [2.45, 2.75) is 20.4 Å². The van der Waals surface area contributed by atoms with Crippen LogP contribution < -0.4 is 15.4 Å². The molecule has 1 heterocycles. The Kier molecular flexibility index (Phi) is 6.11. The SMILES string of the molecule is COc1cc(Cl)c(C)cc1NC(=O)c1cnc(NCc2cccc(C)c2)nc1. The predicted molar refractivity (Wildman–Crippen MR) is 111 cm³/mol. The van der Waals surface area contributed by atoms with Gasteiger partial charge in [-0.25, -0.2) is 9.97 Å². The molecule has 2 N–H and O–H groups in total. The Balaban J connectivity index is 1.66. The van der Waals surface area contributed by atoms with Crippen molar-refractivity contribution < 1.29 is 9.53 Å². The van der Waals surface area contributed by atoms with Gasteiger partial charge in [-0.15, -0.1) is 0 Å². The fourth-order valence-corrected chi connectivity index (χ4v) is 2.82. The van der Waals surface area contributed by atoms with E-state index >= 15 is 0 Å². The number of aromatic nitrogens is 2. The number of methoxy groups -OCH3 is 1. The number of aryl methyl sites for hydroxylation is 2. The van der Waals surface area contributed by atoms with Crippen LogP contribution in [0.2, 0.25) is 5.02 Å². The Labute approximate surface area is 168 Å². The van der Waals surface area contributed by atoms with Crippen molar-refractivity contribution in [3.63, 3.8) is 0 Å². The van der Waals surface area contributed by atoms with Gasteiger partial charge in [0.1, 0.15) is 5.75 Å². The van der Waals surface area contributed by atoms with Crippen molar-refractivity contribution in [2.24, 2.45) is 0 Å². The number of amides is 1. The number of hydrogen-bond acceptors (Lipinski definition) is 5. The summed E-state index contributed by atoms with van der Waals surface area (Å²) in [5, 5.41) is 6.53. The highest BCUT2D eigenvalue weighted by Crippen LogP contribution is 2.31. The molecule has 0 bridgehead atoms. The first-order chi connectivity index (χ1) is 13.5. The third kappa shape index (κ3) is 4.78. The van der Waals surface area contributed by atoms with Crippen molar-refractivity contribution in [3.05, 3.63) is 76.1 Å². The van der Waals surface area contributed by atoms with E-state index < -0.39 is 0 Å². The molecule has 0 unspecified atom stereocenters. The zero-order valence-electron chi connectivity index (χ0n) is 15.9. The minimum atomic E-state index is -0.328. The number of rotatable bonds is 6. The quantitative estimate of drug-likeness (QED) is 0.635. The molecule has 1 aromatic heterocycles. The molecule has 28 heavy (non-hydrogen) atoms. The highest BCUT2D eigenvalue weighted by atomic mass is 35.5. The van der Waals surface area contributed by atoms with Gasteiger partial charge >= 0.3 is 0 Å². The van der Waals surface area contributed by atoms with E-state index in [4.69, 9.17) is 16.3 Å². The normalized spacial score (nSPS) is 10.4. The minimum absolute atomic E-state index is 0.328. The van der Waals surface area contributed by atoms with E-state index in [0.29, 0.717) is 34.5 Å². The molecule has 1 amide bonds. The van der Waals surface area contributed by atoms with E-state index in [1.54, 1.807) is 12.1 Å². The first kappa shape index (κ1) is 19.6. The number of ether oxygens (including phenoxy) is 1. The Morgan fingerprint density at radius 1 is 1.14 bits per heavy atom. The monoisotopic (exact) mass is 396 g/mol. The Morgan fingerprint density at radius 2 is 1.89 bits per heavy atom. The number of nitrogens with zero attached hydrogens (tertiary/aromatic N) is 2. The van der Waals surface area contributed by atoms with E-state index in [0.717, 1.165) is 11.1 Å². The van der Waals surface area contributed by atoms with Crippen LogP contribution in [0.5, 0.6) is 5.75 Å². The Bertz CT molecular complexity index is 990. The molecule has 7 heteroatoms. The molecule has 0 aliphatic heterocycles. The van der Waals surface area contributed by atoms with Gasteiger partial charge in [0.25, 0.3) is 5.91 Å². The van der Waals surface area contributed by atoms with Gasteiger partial charge in [-0.05, 0) is 31.0 Å². The molecule has 3 aromatic rings. The molecule has 0 saturated carbocycles. The summed E-state index contributed by atoms with van der Waals surface area (Å²) < 4.78 is 5.28. The second-order valence-corrected chi connectivity index (χ2v) is 6.80. The van der Waals surface area contributed by atoms with Gasteiger partial charge in [-0.2, -0.15) is 0 Å². The Hall–Kier alpha value is -3.12. The van der Waals surface area contributed by atoms with Crippen molar-refractivity contribution in [3.8, 4) is 5.75 Å². The third-order valence-corrected chi connectivity index (χ3v) is 4.58. The van der Waals surface area contributed by atoms with Gasteiger partial charge in [-0.1, -0.05) is 41.4 Å². The van der Waals surface area contributed by atoms with Gasteiger partial charge in [0, 0.05) is 30.0 Å². The second-order valence-electron chi connectivity index (χ2n) is 6.39. The summed E-state index contributed by atoms with van der Waals surface area (Å²) in [4.78, 5) is 20.9. The van der Waals surface area contributed by atoms with Gasteiger partial charge < -0.3 is 15.4 Å². The summed E-state index contributed by atoms with van der Waals surface area (Å²) in [6.07, 6.45) is 2.96. The van der Waals surface area contributed by atoms with Crippen LogP contribution in [0.4, 0.5) is 11.6 Å². The smallest absolute Gasteiger partial charge is 0.258 e. The molecule has 0 aliphatic carbocycles. The maximum atomic E-state index is 12.5. The lowest BCUT2D eigenvalue weighted by Gasteiger charge is -2.12. The molecule has 6 nitrogen and oxygen atoms in total. The van der Waals surface area contributed by atoms with E-state index in [2.05, 4.69) is 26.7 Å². The van der Waals surface area contributed by atoms with Crippen LogP contribution in [0.15, 0.2) is 48.8 Å². The number of anilines is 2. The number of carbonyl (C=O) groups is 1. The zero-order chi connectivity index (χ0) is 20.1. The Morgan fingerprint density at radius 3 is 2.57 bits per heavy atom. The molecule has 0 aliphatic rings. The molecular formula is C21H21ClN4O2. The molecule has 0 radical (unpaired) electrons. The molecule has 144 valence electrons. The van der Waals surface area contributed by atoms with Crippen LogP contribution in [0, 0.1) is 13.8 Å². The number of halogens is 1. The van der Waals surface area contributed by atoms with Crippen LogP contribution in [-0.2, 0) is 6.54 Å². The van der Waals surface area contributed by atoms with E-state index in [1.807, 2.05) is 32.0 Å². The van der Waals surface area contributed by atoms with Crippen LogP contribution in [-0.4, -0.2) is 23.0 Å². The molecular weight excluding hydrogens is 376 g/mol. The lowest BCUT2D eigenvalue weighted by Crippen LogP contribution is -2.14. The third-order valence-electron chi connectivity index (χ3n) is 4.18. The number of carbonyl (C=O) groups excluding carboxylic acids is 1. The van der Waals surface area contributed by atoms with Gasteiger partial charge in [0.05, 0.1) is 18.4 Å². The van der Waals surface area contributed by atoms with Crippen molar-refractivity contribution in [2.75, 3.05) is 17.7 Å². The van der Waals surface area contributed by atoms with Crippen molar-refractivity contribution in [1.29, 1.82) is 0 Å². The van der Waals surface area contributed by atoms with Crippen LogP contribution >= 0.6 is 11.6 Å². The van der Waals surface area contributed by atoms with Crippen molar-refractivity contribution >= 4 is 29.1 Å². The fourth-order valence-electron chi connectivity index (χ4n) is 2.66. The minimum Gasteiger partial charge on any atom is -0.495 e. The summed E-state index contributed by atoms with van der Waals surface area (Å²) in [7, 11) is 1.52. The maximum Gasteiger partial charge on any atom is 0.258 e. The number of nitrogens with one attached hydrogen (secondary N) is 2. The van der Waals surface area contributed by atoms with E-state index in [1.165, 1.54) is 25.1 Å². The largest absolute Gasteiger partial charge is 0.495 e. The average molecular weight is 397 g/mol. The topological polar surface area (TPSA) is 76.1 Å². The van der Waals surface area contributed by atoms with Crippen molar-refractivity contribution in [1.82, 2.24) is 9.97 Å². The van der Waals surface area contributed by atoms with Gasteiger partial charge in [0.15, 0.2) is 0 Å². The summed E-state index contributed by atoms with van der Waals surface area (Å²) in [5.41, 5.74) is 4.05. The van der Waals surface area contributed by atoms with Crippen LogP contribution in [0.3, 0.4) is 0 Å². The lowest BCUT2D eigenvalue weighted by molar-refractivity contribution is 0.102. The number of hydrogen-bond donors (Lipinski definition) is 2. The highest BCUT2D eigenvalue weighted by molar-refractivity contribution is 6.31. The molecule has 2 aromatic carbocycles. The summed E-state index contributed by atoms with van der Waals surface area (Å²) in [5.74, 6) is 0.615. The molecule has 0 atom stereocenters. The first-order valence-electron chi connectivity index (χ1n) is 8.73. The lowest BCUT2D eigenvalue weighted by atomic mass is 10.1. The average Bonchev–Trinajstić information content (AvgIpc) is 2.69. The fraction of sp³-hybridized carbons (Fsp3) is 0.190. The molecule has 3 rings (SSSR count). The van der Waals surface area contributed by atoms with E-state index in [-0.39, 0.29) is 5.91 Å². The maximum absolute atomic E-state index is 12.5. The molecule has 0 saturated heterocycles. The summed E-state index contributed by atoms with van der Waals surface area (Å²) in [6, 6.07) is 11.6. The first-order valence-corrected chi connectivity index (χ1v) is 9.11.